The van der Waals surface area contributed by atoms with E-state index in [1.54, 1.807) is 86.0 Å². The molecule has 7 heteroatoms. The highest BCUT2D eigenvalue weighted by atomic mass is 16.5. The number of amidine groups is 1. The fourth-order valence-corrected chi connectivity index (χ4v) is 3.61. The van der Waals surface area contributed by atoms with E-state index in [0.717, 1.165) is 0 Å². The fraction of sp³-hybridized carbons (Fsp3) is 0.174. The van der Waals surface area contributed by atoms with E-state index in [1.165, 1.54) is 0 Å². The van der Waals surface area contributed by atoms with Crippen molar-refractivity contribution >= 4 is 17.6 Å². The molecular weight excluding hydrogens is 382 g/mol. The Hall–Kier alpha value is -3.87. The number of benzene rings is 2. The van der Waals surface area contributed by atoms with Crippen molar-refractivity contribution in [1.29, 1.82) is 0 Å². The molecule has 0 spiro atoms. The van der Waals surface area contributed by atoms with Crippen LogP contribution in [0.15, 0.2) is 78.0 Å². The zero-order valence-corrected chi connectivity index (χ0v) is 16.7. The van der Waals surface area contributed by atoms with Gasteiger partial charge in [-0.25, -0.2) is 0 Å². The summed E-state index contributed by atoms with van der Waals surface area (Å²) in [4.78, 5) is 32.1. The summed E-state index contributed by atoms with van der Waals surface area (Å²) in [5.41, 5.74) is -0.270. The Morgan fingerprint density at radius 3 is 2.63 bits per heavy atom. The summed E-state index contributed by atoms with van der Waals surface area (Å²) in [6, 6.07) is 14.1. The lowest BCUT2D eigenvalue weighted by Crippen LogP contribution is -2.63. The molecule has 0 aliphatic carbocycles. The van der Waals surface area contributed by atoms with Gasteiger partial charge in [-0.1, -0.05) is 24.3 Å². The SMILES string of the molecule is COc1ccc(OC)c(CC2(NC(=O)c3ccccc3)C(=O)N=C3C=CC=CN32)c1. The first-order chi connectivity index (χ1) is 14.6. The summed E-state index contributed by atoms with van der Waals surface area (Å²) in [5, 5.41) is 2.94. The molecule has 0 fully saturated rings. The zero-order chi connectivity index (χ0) is 21.1. The van der Waals surface area contributed by atoms with E-state index in [9.17, 15) is 9.59 Å². The van der Waals surface area contributed by atoms with Crippen LogP contribution in [0.5, 0.6) is 11.5 Å². The van der Waals surface area contributed by atoms with Crippen molar-refractivity contribution in [2.45, 2.75) is 12.1 Å². The summed E-state index contributed by atoms with van der Waals surface area (Å²) in [6.45, 7) is 0. The number of hydrogen-bond donors (Lipinski definition) is 1. The largest absolute Gasteiger partial charge is 0.497 e. The third-order valence-electron chi connectivity index (χ3n) is 5.11. The van der Waals surface area contributed by atoms with Crippen molar-refractivity contribution in [3.8, 4) is 11.5 Å². The molecule has 4 rings (SSSR count). The predicted molar refractivity (Wildman–Crippen MR) is 112 cm³/mol. The summed E-state index contributed by atoms with van der Waals surface area (Å²) in [6.07, 6.45) is 7.20. The standard InChI is InChI=1S/C23H21N3O4/c1-29-18-11-12-19(30-2)17(14-18)15-23(25-21(27)16-8-4-3-5-9-16)22(28)24-20-10-6-7-13-26(20)23/h3-14H,15H2,1-2H3,(H,25,27). The molecule has 0 bridgehead atoms. The Kier molecular flexibility index (Phi) is 5.10. The minimum Gasteiger partial charge on any atom is -0.497 e. The van der Waals surface area contributed by atoms with Crippen LogP contribution in [0.2, 0.25) is 0 Å². The van der Waals surface area contributed by atoms with Gasteiger partial charge in [0.2, 0.25) is 5.66 Å². The number of methoxy groups -OCH3 is 2. The molecule has 0 saturated carbocycles. The van der Waals surface area contributed by atoms with Crippen LogP contribution in [-0.2, 0) is 11.2 Å². The van der Waals surface area contributed by atoms with Crippen LogP contribution in [0.25, 0.3) is 0 Å². The quantitative estimate of drug-likeness (QED) is 0.802. The molecule has 1 N–H and O–H groups in total. The number of nitrogens with one attached hydrogen (secondary N) is 1. The Morgan fingerprint density at radius 1 is 1.10 bits per heavy atom. The lowest BCUT2D eigenvalue weighted by atomic mass is 9.95. The van der Waals surface area contributed by atoms with Gasteiger partial charge in [0.15, 0.2) is 0 Å². The van der Waals surface area contributed by atoms with Crippen molar-refractivity contribution in [3.63, 3.8) is 0 Å². The normalized spacial score (nSPS) is 19.3. The number of amides is 2. The number of carbonyl (C=O) groups excluding carboxylic acids is 2. The molecule has 2 aliphatic heterocycles. The molecule has 152 valence electrons. The molecule has 0 radical (unpaired) electrons. The van der Waals surface area contributed by atoms with Crippen molar-refractivity contribution in [1.82, 2.24) is 10.2 Å². The topological polar surface area (TPSA) is 80.2 Å². The minimum absolute atomic E-state index is 0.135. The van der Waals surface area contributed by atoms with Gasteiger partial charge >= 0.3 is 0 Å². The molecule has 1 atom stereocenters. The zero-order valence-electron chi connectivity index (χ0n) is 16.7. The highest BCUT2D eigenvalue weighted by Gasteiger charge is 2.51. The van der Waals surface area contributed by atoms with Gasteiger partial charge in [0.25, 0.3) is 11.8 Å². The molecule has 7 nitrogen and oxygen atoms in total. The first-order valence-corrected chi connectivity index (χ1v) is 9.43. The van der Waals surface area contributed by atoms with Crippen molar-refractivity contribution in [2.24, 2.45) is 4.99 Å². The van der Waals surface area contributed by atoms with E-state index in [0.29, 0.717) is 28.5 Å². The van der Waals surface area contributed by atoms with E-state index in [1.807, 2.05) is 6.07 Å². The van der Waals surface area contributed by atoms with Gasteiger partial charge in [-0.2, -0.15) is 4.99 Å². The molecule has 1 unspecified atom stereocenters. The summed E-state index contributed by atoms with van der Waals surface area (Å²) >= 11 is 0. The Bertz CT molecular complexity index is 1080. The van der Waals surface area contributed by atoms with E-state index in [4.69, 9.17) is 9.47 Å². The lowest BCUT2D eigenvalue weighted by molar-refractivity contribution is -0.126. The molecule has 0 saturated heterocycles. The second-order valence-corrected chi connectivity index (χ2v) is 6.88. The minimum atomic E-state index is -1.43. The molecule has 2 aromatic carbocycles. The maximum atomic E-state index is 13.2. The van der Waals surface area contributed by atoms with E-state index in [2.05, 4.69) is 10.3 Å². The number of allylic oxidation sites excluding steroid dienone is 2. The fourth-order valence-electron chi connectivity index (χ4n) is 3.61. The highest BCUT2D eigenvalue weighted by Crippen LogP contribution is 2.34. The monoisotopic (exact) mass is 403 g/mol. The first-order valence-electron chi connectivity index (χ1n) is 9.43. The summed E-state index contributed by atoms with van der Waals surface area (Å²) in [7, 11) is 3.13. The van der Waals surface area contributed by atoms with Crippen LogP contribution in [0.1, 0.15) is 15.9 Å². The molecule has 2 heterocycles. The third-order valence-corrected chi connectivity index (χ3v) is 5.11. The highest BCUT2D eigenvalue weighted by molar-refractivity contribution is 6.13. The Balaban J connectivity index is 1.78. The second kappa shape index (κ2) is 7.87. The van der Waals surface area contributed by atoms with Crippen molar-refractivity contribution in [2.75, 3.05) is 14.2 Å². The van der Waals surface area contributed by atoms with Gasteiger partial charge < -0.3 is 19.7 Å². The number of hydrogen-bond acceptors (Lipinski definition) is 5. The van der Waals surface area contributed by atoms with E-state index in [-0.39, 0.29) is 12.3 Å². The van der Waals surface area contributed by atoms with Crippen LogP contribution < -0.4 is 14.8 Å². The van der Waals surface area contributed by atoms with Gasteiger partial charge in [-0.3, -0.25) is 9.59 Å². The van der Waals surface area contributed by atoms with Gasteiger partial charge in [0, 0.05) is 23.7 Å². The third kappa shape index (κ3) is 3.34. The predicted octanol–water partition coefficient (Wildman–Crippen LogP) is 2.70. The number of ether oxygens (including phenoxy) is 2. The van der Waals surface area contributed by atoms with Crippen molar-refractivity contribution < 1.29 is 19.1 Å². The van der Waals surface area contributed by atoms with Crippen LogP contribution in [-0.4, -0.2) is 42.4 Å². The molecular formula is C23H21N3O4. The Morgan fingerprint density at radius 2 is 1.90 bits per heavy atom. The number of aliphatic imine (C=N–C) groups is 1. The Labute approximate surface area is 174 Å². The second-order valence-electron chi connectivity index (χ2n) is 6.88. The smallest absolute Gasteiger partial charge is 0.295 e. The van der Waals surface area contributed by atoms with E-state index >= 15 is 0 Å². The maximum absolute atomic E-state index is 13.2. The first kappa shape index (κ1) is 19.4. The van der Waals surface area contributed by atoms with Gasteiger partial charge in [0.1, 0.15) is 17.3 Å². The number of fused-ring (bicyclic) bond motifs is 1. The molecule has 2 amide bonds. The molecule has 30 heavy (non-hydrogen) atoms. The number of rotatable bonds is 6. The molecule has 2 aromatic rings. The van der Waals surface area contributed by atoms with Crippen molar-refractivity contribution in [3.05, 3.63) is 84.1 Å². The van der Waals surface area contributed by atoms with Gasteiger partial charge in [-0.05, 0) is 42.5 Å². The maximum Gasteiger partial charge on any atom is 0.295 e. The van der Waals surface area contributed by atoms with Crippen LogP contribution >= 0.6 is 0 Å². The number of carbonyl (C=O) groups is 2. The molecule has 2 aliphatic rings. The van der Waals surface area contributed by atoms with E-state index < -0.39 is 11.6 Å². The summed E-state index contributed by atoms with van der Waals surface area (Å²) < 4.78 is 10.8. The van der Waals surface area contributed by atoms with Crippen LogP contribution in [0.4, 0.5) is 0 Å². The van der Waals surface area contributed by atoms with Crippen LogP contribution in [0.3, 0.4) is 0 Å². The molecule has 0 aromatic heterocycles. The average Bonchev–Trinajstić information content (AvgIpc) is 3.05. The number of nitrogens with zero attached hydrogens (tertiary/aromatic N) is 2. The summed E-state index contributed by atoms with van der Waals surface area (Å²) in [5.74, 6) is 0.851. The van der Waals surface area contributed by atoms with Gasteiger partial charge in [-0.15, -0.1) is 0 Å². The van der Waals surface area contributed by atoms with Crippen LogP contribution in [0, 0.1) is 0 Å². The van der Waals surface area contributed by atoms with Gasteiger partial charge in [0.05, 0.1) is 14.2 Å². The lowest BCUT2D eigenvalue weighted by Gasteiger charge is -2.37. The average molecular weight is 403 g/mol.